The van der Waals surface area contributed by atoms with E-state index in [1.54, 1.807) is 18.5 Å². The molecule has 12 nitrogen and oxygen atoms in total. The van der Waals surface area contributed by atoms with Crippen molar-refractivity contribution in [1.29, 1.82) is 0 Å². The molecular weight excluding hydrogens is 586 g/mol. The van der Waals surface area contributed by atoms with E-state index in [2.05, 4.69) is 22.1 Å². The molecule has 13 heteroatoms. The predicted octanol–water partition coefficient (Wildman–Crippen LogP) is 3.67. The Hall–Kier alpha value is -4.50. The molecule has 0 radical (unpaired) electrons. The Balaban J connectivity index is 1.60. The third kappa shape index (κ3) is 5.97. The summed E-state index contributed by atoms with van der Waals surface area (Å²) in [7, 11) is 3.05. The van der Waals surface area contributed by atoms with Gasteiger partial charge in [-0.15, -0.1) is 5.92 Å². The van der Waals surface area contributed by atoms with Gasteiger partial charge < -0.3 is 19.7 Å². The van der Waals surface area contributed by atoms with Gasteiger partial charge in [-0.25, -0.2) is 14.6 Å². The molecule has 232 valence electrons. The SMILES string of the molecule is CC#CCn1c(N2CCCC(NC(=O)OC(C)(C)C)C2)nc2c1c(=O)n(Cc1nc(OC)c(Cl)c3ccccc13)c(=O)n2C. The van der Waals surface area contributed by atoms with E-state index in [0.29, 0.717) is 40.5 Å². The highest BCUT2D eigenvalue weighted by atomic mass is 35.5. The van der Waals surface area contributed by atoms with Gasteiger partial charge in [-0.2, -0.15) is 4.98 Å². The van der Waals surface area contributed by atoms with Crippen molar-refractivity contribution in [3.63, 3.8) is 0 Å². The number of fused-ring (bicyclic) bond motifs is 2. The van der Waals surface area contributed by atoms with Gasteiger partial charge in [-0.3, -0.25) is 18.5 Å². The van der Waals surface area contributed by atoms with Crippen LogP contribution in [0.3, 0.4) is 0 Å². The smallest absolute Gasteiger partial charge is 0.407 e. The van der Waals surface area contributed by atoms with Crippen LogP contribution < -0.4 is 26.2 Å². The van der Waals surface area contributed by atoms with Crippen LogP contribution in [0.15, 0.2) is 33.9 Å². The lowest BCUT2D eigenvalue weighted by atomic mass is 10.1. The number of methoxy groups -OCH3 is 1. The van der Waals surface area contributed by atoms with E-state index in [-0.39, 0.29) is 36.2 Å². The molecule has 4 heterocycles. The Kier molecular flexibility index (Phi) is 8.61. The number of benzene rings is 1. The fraction of sp³-hybridized carbons (Fsp3) is 0.452. The number of alkyl carbamates (subject to hydrolysis) is 1. The topological polar surface area (TPSA) is 126 Å². The highest BCUT2D eigenvalue weighted by Crippen LogP contribution is 2.33. The quantitative estimate of drug-likeness (QED) is 0.323. The fourth-order valence-corrected chi connectivity index (χ4v) is 5.76. The van der Waals surface area contributed by atoms with Crippen LogP contribution in [0, 0.1) is 11.8 Å². The second kappa shape index (κ2) is 12.2. The number of imidazole rings is 1. The average Bonchev–Trinajstić information content (AvgIpc) is 3.37. The van der Waals surface area contributed by atoms with Crippen molar-refractivity contribution < 1.29 is 14.3 Å². The summed E-state index contributed by atoms with van der Waals surface area (Å²) in [4.78, 5) is 51.6. The summed E-state index contributed by atoms with van der Waals surface area (Å²) in [5.41, 5.74) is -0.708. The van der Waals surface area contributed by atoms with E-state index in [9.17, 15) is 14.4 Å². The number of halogens is 1. The summed E-state index contributed by atoms with van der Waals surface area (Å²) in [6, 6.07) is 7.17. The molecule has 0 spiro atoms. The van der Waals surface area contributed by atoms with Crippen LogP contribution in [-0.2, 0) is 24.9 Å². The predicted molar refractivity (Wildman–Crippen MR) is 170 cm³/mol. The van der Waals surface area contributed by atoms with Crippen LogP contribution in [0.2, 0.25) is 5.02 Å². The molecule has 0 bridgehead atoms. The molecule has 1 amide bonds. The van der Waals surface area contributed by atoms with Gasteiger partial charge >= 0.3 is 11.8 Å². The highest BCUT2D eigenvalue weighted by molar-refractivity contribution is 6.36. The molecule has 44 heavy (non-hydrogen) atoms. The van der Waals surface area contributed by atoms with Gasteiger partial charge in [0.15, 0.2) is 11.2 Å². The maximum Gasteiger partial charge on any atom is 0.407 e. The number of hydrogen-bond acceptors (Lipinski definition) is 8. The van der Waals surface area contributed by atoms with Crippen LogP contribution in [0.1, 0.15) is 46.2 Å². The van der Waals surface area contributed by atoms with Gasteiger partial charge in [0.1, 0.15) is 10.6 Å². The number of aryl methyl sites for hydroxylation is 1. The second-order valence-corrected chi connectivity index (χ2v) is 12.1. The molecule has 1 aliphatic heterocycles. The zero-order valence-corrected chi connectivity index (χ0v) is 26.5. The molecule has 1 atom stereocenters. The lowest BCUT2D eigenvalue weighted by Crippen LogP contribution is -2.49. The molecule has 1 fully saturated rings. The maximum atomic E-state index is 14.1. The number of anilines is 1. The highest BCUT2D eigenvalue weighted by Gasteiger charge is 2.29. The Bertz CT molecular complexity index is 1930. The van der Waals surface area contributed by atoms with E-state index in [0.717, 1.165) is 17.4 Å². The number of piperidine rings is 1. The van der Waals surface area contributed by atoms with Crippen LogP contribution in [0.4, 0.5) is 10.7 Å². The standard InChI is InChI=1S/C31H36ClN7O5/c1-7-8-16-38-24-25(35-28(38)37-15-11-12-19(17-37)33-29(41)44-31(2,3)4)36(5)30(42)39(27(24)40)18-22-20-13-9-10-14-21(20)23(32)26(34-22)43-6/h9-10,13-14,19H,11-12,15-18H2,1-6H3,(H,33,41). The number of nitrogens with one attached hydrogen (secondary N) is 1. The first-order chi connectivity index (χ1) is 20.9. The largest absolute Gasteiger partial charge is 0.480 e. The van der Waals surface area contributed by atoms with Crippen molar-refractivity contribution >= 4 is 45.6 Å². The Labute approximate surface area is 259 Å². The van der Waals surface area contributed by atoms with E-state index < -0.39 is 22.9 Å². The van der Waals surface area contributed by atoms with Gasteiger partial charge in [0.2, 0.25) is 11.8 Å². The molecule has 0 saturated carbocycles. The summed E-state index contributed by atoms with van der Waals surface area (Å²) in [5.74, 6) is 6.64. The number of hydrogen-bond donors (Lipinski definition) is 1. The lowest BCUT2D eigenvalue weighted by Gasteiger charge is -2.34. The number of rotatable bonds is 6. The summed E-state index contributed by atoms with van der Waals surface area (Å²) in [5, 5.41) is 4.71. The van der Waals surface area contributed by atoms with E-state index >= 15 is 0 Å². The minimum atomic E-state index is -0.616. The Morgan fingerprint density at radius 1 is 1.16 bits per heavy atom. The number of nitrogens with zero attached hydrogens (tertiary/aromatic N) is 6. The van der Waals surface area contributed by atoms with Crippen LogP contribution >= 0.6 is 11.6 Å². The Morgan fingerprint density at radius 2 is 1.89 bits per heavy atom. The van der Waals surface area contributed by atoms with Gasteiger partial charge in [-0.1, -0.05) is 41.8 Å². The van der Waals surface area contributed by atoms with Crippen LogP contribution in [-0.4, -0.2) is 61.6 Å². The van der Waals surface area contributed by atoms with Crippen LogP contribution in [0.5, 0.6) is 5.88 Å². The summed E-state index contributed by atoms with van der Waals surface area (Å²) in [6.45, 7) is 8.34. The number of aromatic nitrogens is 5. The van der Waals surface area contributed by atoms with Crippen molar-refractivity contribution in [3.05, 3.63) is 55.8 Å². The minimum Gasteiger partial charge on any atom is -0.480 e. The molecular formula is C31H36ClN7O5. The Morgan fingerprint density at radius 3 is 2.57 bits per heavy atom. The number of pyridine rings is 1. The maximum absolute atomic E-state index is 14.1. The molecule has 3 aromatic heterocycles. The van der Waals surface area contributed by atoms with Crippen molar-refractivity contribution in [2.45, 2.75) is 65.3 Å². The van der Waals surface area contributed by atoms with Gasteiger partial charge in [0.05, 0.1) is 25.9 Å². The normalized spacial score (nSPS) is 15.2. The summed E-state index contributed by atoms with van der Waals surface area (Å²) >= 11 is 6.51. The number of amides is 1. The van der Waals surface area contributed by atoms with Crippen molar-refractivity contribution in [2.24, 2.45) is 7.05 Å². The number of ether oxygens (including phenoxy) is 2. The number of carbonyl (C=O) groups excluding carboxylic acids is 1. The molecule has 0 aliphatic carbocycles. The molecule has 1 aliphatic rings. The molecule has 1 unspecified atom stereocenters. The summed E-state index contributed by atoms with van der Waals surface area (Å²) < 4.78 is 15.1. The molecule has 1 aromatic carbocycles. The fourth-order valence-electron chi connectivity index (χ4n) is 5.48. The van der Waals surface area contributed by atoms with E-state index in [1.807, 2.05) is 49.9 Å². The van der Waals surface area contributed by atoms with E-state index in [4.69, 9.17) is 26.1 Å². The van der Waals surface area contributed by atoms with Crippen molar-refractivity contribution in [3.8, 4) is 17.7 Å². The van der Waals surface area contributed by atoms with Gasteiger partial charge in [-0.05, 0) is 40.5 Å². The molecule has 5 rings (SSSR count). The third-order valence-corrected chi connectivity index (χ3v) is 7.82. The molecule has 1 N–H and O–H groups in total. The van der Waals surface area contributed by atoms with Gasteiger partial charge in [0, 0.05) is 37.0 Å². The van der Waals surface area contributed by atoms with Gasteiger partial charge in [0.25, 0.3) is 5.56 Å². The molecule has 4 aromatic rings. The minimum absolute atomic E-state index is 0.110. The third-order valence-electron chi connectivity index (χ3n) is 7.45. The molecule has 1 saturated heterocycles. The first-order valence-corrected chi connectivity index (χ1v) is 14.8. The average molecular weight is 622 g/mol. The summed E-state index contributed by atoms with van der Waals surface area (Å²) in [6.07, 6.45) is 1.06. The van der Waals surface area contributed by atoms with Crippen molar-refractivity contribution in [1.82, 2.24) is 29.0 Å². The zero-order valence-electron chi connectivity index (χ0n) is 25.7. The van der Waals surface area contributed by atoms with E-state index in [1.165, 1.54) is 11.7 Å². The number of carbonyl (C=O) groups is 1. The lowest BCUT2D eigenvalue weighted by molar-refractivity contribution is 0.0499. The first kappa shape index (κ1) is 30.9. The monoisotopic (exact) mass is 621 g/mol. The van der Waals surface area contributed by atoms with Crippen LogP contribution in [0.25, 0.3) is 21.9 Å². The first-order valence-electron chi connectivity index (χ1n) is 14.4. The van der Waals surface area contributed by atoms with Crippen molar-refractivity contribution in [2.75, 3.05) is 25.1 Å². The zero-order chi connectivity index (χ0) is 31.8. The second-order valence-electron chi connectivity index (χ2n) is 11.7.